The first-order valence-electron chi connectivity index (χ1n) is 8.30. The molecule has 1 aromatic carbocycles. The van der Waals surface area contributed by atoms with E-state index < -0.39 is 0 Å². The SMILES string of the molecule is O=C(NCCN1CCOCC1)C1CC(=O)N(c2ccc(O)cc2)C1. The van der Waals surface area contributed by atoms with Crippen LogP contribution in [0.3, 0.4) is 0 Å². The van der Waals surface area contributed by atoms with Crippen molar-refractivity contribution < 1.29 is 19.4 Å². The molecule has 24 heavy (non-hydrogen) atoms. The van der Waals surface area contributed by atoms with Crippen molar-refractivity contribution in [2.45, 2.75) is 6.42 Å². The fourth-order valence-electron chi connectivity index (χ4n) is 3.07. The zero-order chi connectivity index (χ0) is 16.9. The summed E-state index contributed by atoms with van der Waals surface area (Å²) in [6.07, 6.45) is 0.226. The maximum absolute atomic E-state index is 12.3. The Morgan fingerprint density at radius 2 is 1.96 bits per heavy atom. The minimum Gasteiger partial charge on any atom is -0.508 e. The van der Waals surface area contributed by atoms with Crippen molar-refractivity contribution in [3.63, 3.8) is 0 Å². The Hall–Kier alpha value is -2.12. The van der Waals surface area contributed by atoms with Crippen LogP contribution < -0.4 is 10.2 Å². The molecular formula is C17H23N3O4. The van der Waals surface area contributed by atoms with Crippen LogP contribution >= 0.6 is 0 Å². The normalized spacial score (nSPS) is 21.9. The van der Waals surface area contributed by atoms with Gasteiger partial charge < -0.3 is 20.1 Å². The van der Waals surface area contributed by atoms with E-state index in [-0.39, 0.29) is 29.9 Å². The molecule has 0 radical (unpaired) electrons. The van der Waals surface area contributed by atoms with Crippen molar-refractivity contribution in [2.75, 3.05) is 50.8 Å². The van der Waals surface area contributed by atoms with Crippen LogP contribution in [-0.4, -0.2) is 67.8 Å². The van der Waals surface area contributed by atoms with Crippen LogP contribution in [0.1, 0.15) is 6.42 Å². The van der Waals surface area contributed by atoms with Crippen LogP contribution in [0.4, 0.5) is 5.69 Å². The molecule has 0 saturated carbocycles. The summed E-state index contributed by atoms with van der Waals surface area (Å²) in [6, 6.07) is 6.45. The number of aromatic hydroxyl groups is 1. The maximum atomic E-state index is 12.3. The van der Waals surface area contributed by atoms with E-state index >= 15 is 0 Å². The molecule has 0 spiro atoms. The molecule has 0 bridgehead atoms. The number of carbonyl (C=O) groups excluding carboxylic acids is 2. The molecule has 3 rings (SSSR count). The van der Waals surface area contributed by atoms with Crippen molar-refractivity contribution in [1.29, 1.82) is 0 Å². The van der Waals surface area contributed by atoms with Crippen molar-refractivity contribution in [2.24, 2.45) is 5.92 Å². The molecule has 2 heterocycles. The number of ether oxygens (including phenoxy) is 1. The minimum atomic E-state index is -0.323. The summed E-state index contributed by atoms with van der Waals surface area (Å²) in [7, 11) is 0. The molecule has 0 aliphatic carbocycles. The Bertz CT molecular complexity index is 584. The van der Waals surface area contributed by atoms with Gasteiger partial charge in [0.15, 0.2) is 0 Å². The highest BCUT2D eigenvalue weighted by Crippen LogP contribution is 2.26. The molecule has 1 aromatic rings. The number of hydrogen-bond donors (Lipinski definition) is 2. The number of benzene rings is 1. The molecule has 2 aliphatic rings. The van der Waals surface area contributed by atoms with Gasteiger partial charge in [-0.25, -0.2) is 0 Å². The highest BCUT2D eigenvalue weighted by Gasteiger charge is 2.34. The van der Waals surface area contributed by atoms with Gasteiger partial charge in [-0.2, -0.15) is 0 Å². The number of rotatable bonds is 5. The molecule has 130 valence electrons. The van der Waals surface area contributed by atoms with Crippen molar-refractivity contribution >= 4 is 17.5 Å². The quantitative estimate of drug-likeness (QED) is 0.804. The predicted octanol–water partition coefficient (Wildman–Crippen LogP) is 0.194. The number of amides is 2. The molecule has 0 aromatic heterocycles. The van der Waals surface area contributed by atoms with Crippen LogP contribution in [0, 0.1) is 5.92 Å². The summed E-state index contributed by atoms with van der Waals surface area (Å²) in [4.78, 5) is 28.3. The standard InChI is InChI=1S/C17H23N3O4/c21-15-3-1-14(2-4-15)20-12-13(11-16(20)22)17(23)18-5-6-19-7-9-24-10-8-19/h1-4,13,21H,5-12H2,(H,18,23). The van der Waals surface area contributed by atoms with Gasteiger partial charge in [0.1, 0.15) is 5.75 Å². The van der Waals surface area contributed by atoms with Crippen LogP contribution in [-0.2, 0) is 14.3 Å². The number of phenolic OH excluding ortho intramolecular Hbond substituents is 1. The summed E-state index contributed by atoms with van der Waals surface area (Å²) in [6.45, 7) is 5.05. The van der Waals surface area contributed by atoms with Gasteiger partial charge in [-0.15, -0.1) is 0 Å². The van der Waals surface area contributed by atoms with E-state index in [0.29, 0.717) is 18.8 Å². The lowest BCUT2D eigenvalue weighted by molar-refractivity contribution is -0.126. The second-order valence-corrected chi connectivity index (χ2v) is 6.17. The summed E-state index contributed by atoms with van der Waals surface area (Å²) < 4.78 is 5.29. The van der Waals surface area contributed by atoms with Crippen molar-refractivity contribution in [3.05, 3.63) is 24.3 Å². The minimum absolute atomic E-state index is 0.0611. The van der Waals surface area contributed by atoms with Gasteiger partial charge in [0.25, 0.3) is 0 Å². The monoisotopic (exact) mass is 333 g/mol. The Kier molecular flexibility index (Phi) is 5.32. The molecule has 1 atom stereocenters. The number of anilines is 1. The Morgan fingerprint density at radius 1 is 1.25 bits per heavy atom. The third-order valence-electron chi connectivity index (χ3n) is 4.49. The molecule has 7 heteroatoms. The molecule has 2 aliphatic heterocycles. The summed E-state index contributed by atoms with van der Waals surface area (Å²) in [5, 5.41) is 12.3. The van der Waals surface area contributed by atoms with Crippen LogP contribution in [0.5, 0.6) is 5.75 Å². The number of nitrogens with zero attached hydrogens (tertiary/aromatic N) is 2. The van der Waals surface area contributed by atoms with Crippen molar-refractivity contribution in [1.82, 2.24) is 10.2 Å². The largest absolute Gasteiger partial charge is 0.508 e. The zero-order valence-corrected chi connectivity index (χ0v) is 13.6. The Labute approximate surface area is 141 Å². The van der Waals surface area contributed by atoms with Gasteiger partial charge in [-0.05, 0) is 24.3 Å². The average Bonchev–Trinajstić information content (AvgIpc) is 2.98. The van der Waals surface area contributed by atoms with Gasteiger partial charge in [0.05, 0.1) is 19.1 Å². The average molecular weight is 333 g/mol. The van der Waals surface area contributed by atoms with E-state index in [9.17, 15) is 14.7 Å². The van der Waals surface area contributed by atoms with Crippen molar-refractivity contribution in [3.8, 4) is 5.75 Å². The second kappa shape index (κ2) is 7.63. The molecule has 1 unspecified atom stereocenters. The number of hydrogen-bond acceptors (Lipinski definition) is 5. The third-order valence-corrected chi connectivity index (χ3v) is 4.49. The number of morpholine rings is 1. The van der Waals surface area contributed by atoms with Crippen LogP contribution in [0.25, 0.3) is 0 Å². The Balaban J connectivity index is 1.47. The molecular weight excluding hydrogens is 310 g/mol. The lowest BCUT2D eigenvalue weighted by atomic mass is 10.1. The van der Waals surface area contributed by atoms with Gasteiger partial charge in [0, 0.05) is 44.8 Å². The maximum Gasteiger partial charge on any atom is 0.227 e. The zero-order valence-electron chi connectivity index (χ0n) is 13.6. The number of nitrogens with one attached hydrogen (secondary N) is 1. The second-order valence-electron chi connectivity index (χ2n) is 6.17. The molecule has 2 saturated heterocycles. The number of carbonyl (C=O) groups is 2. The Morgan fingerprint density at radius 3 is 2.67 bits per heavy atom. The smallest absolute Gasteiger partial charge is 0.227 e. The van der Waals surface area contributed by atoms with E-state index in [4.69, 9.17) is 4.74 Å². The lowest BCUT2D eigenvalue weighted by Gasteiger charge is -2.26. The first-order valence-corrected chi connectivity index (χ1v) is 8.30. The van der Waals surface area contributed by atoms with E-state index in [1.807, 2.05) is 0 Å². The summed E-state index contributed by atoms with van der Waals surface area (Å²) in [5.41, 5.74) is 0.710. The lowest BCUT2D eigenvalue weighted by Crippen LogP contribution is -2.42. The highest BCUT2D eigenvalue weighted by molar-refractivity contribution is 6.00. The molecule has 2 N–H and O–H groups in total. The first-order chi connectivity index (χ1) is 11.6. The van der Waals surface area contributed by atoms with E-state index in [1.54, 1.807) is 29.2 Å². The number of phenols is 1. The van der Waals surface area contributed by atoms with E-state index in [1.165, 1.54) is 0 Å². The summed E-state index contributed by atoms with van der Waals surface area (Å²) >= 11 is 0. The fourth-order valence-corrected chi connectivity index (χ4v) is 3.07. The molecule has 2 fully saturated rings. The van der Waals surface area contributed by atoms with Crippen LogP contribution in [0.2, 0.25) is 0 Å². The van der Waals surface area contributed by atoms with E-state index in [0.717, 1.165) is 32.8 Å². The fraction of sp³-hybridized carbons (Fsp3) is 0.529. The van der Waals surface area contributed by atoms with Crippen LogP contribution in [0.15, 0.2) is 24.3 Å². The molecule has 7 nitrogen and oxygen atoms in total. The highest BCUT2D eigenvalue weighted by atomic mass is 16.5. The van der Waals surface area contributed by atoms with Gasteiger partial charge in [-0.3, -0.25) is 14.5 Å². The third kappa shape index (κ3) is 4.04. The summed E-state index contributed by atoms with van der Waals surface area (Å²) in [5.74, 6) is -0.300. The van der Waals surface area contributed by atoms with E-state index in [2.05, 4.69) is 10.2 Å². The first kappa shape index (κ1) is 16.7. The molecule has 2 amide bonds. The van der Waals surface area contributed by atoms with Gasteiger partial charge in [0.2, 0.25) is 11.8 Å². The van der Waals surface area contributed by atoms with Gasteiger partial charge in [-0.1, -0.05) is 0 Å². The predicted molar refractivity (Wildman–Crippen MR) is 88.8 cm³/mol. The van der Waals surface area contributed by atoms with Gasteiger partial charge >= 0.3 is 0 Å². The topological polar surface area (TPSA) is 82.1 Å².